The molecular weight excluding hydrogens is 339 g/mol. The Morgan fingerprint density at radius 1 is 1.45 bits per heavy atom. The summed E-state index contributed by atoms with van der Waals surface area (Å²) in [6.07, 6.45) is -3.12. The van der Waals surface area contributed by atoms with Gasteiger partial charge in [-0.15, -0.1) is 0 Å². The molecule has 7 heteroatoms. The minimum absolute atomic E-state index is 0.196. The van der Waals surface area contributed by atoms with Crippen molar-refractivity contribution in [1.82, 2.24) is 4.90 Å². The van der Waals surface area contributed by atoms with Crippen LogP contribution in [0.5, 0.6) is 0 Å². The number of likely N-dealkylation sites (tertiary alicyclic amines) is 1. The van der Waals surface area contributed by atoms with Gasteiger partial charge in [-0.3, -0.25) is 9.69 Å². The average Bonchev–Trinajstić information content (AvgIpc) is 2.78. The van der Waals surface area contributed by atoms with Crippen LogP contribution in [0.3, 0.4) is 0 Å². The highest BCUT2D eigenvalue weighted by atomic mass is 79.9. The summed E-state index contributed by atoms with van der Waals surface area (Å²) in [5.74, 6) is -0.925. The SMILES string of the molecule is O=C(O)C1CCCN1Cc1cc(C(F)(F)F)ccc1Br. The molecule has 1 aliphatic heterocycles. The zero-order chi connectivity index (χ0) is 14.9. The Labute approximate surface area is 122 Å². The summed E-state index contributed by atoms with van der Waals surface area (Å²) < 4.78 is 38.6. The summed E-state index contributed by atoms with van der Waals surface area (Å²) in [6, 6.07) is 2.81. The number of hydrogen-bond acceptors (Lipinski definition) is 2. The Bertz CT molecular complexity index is 519. The standard InChI is InChI=1S/C13H13BrF3NO2/c14-10-4-3-9(13(15,16)17)6-8(10)7-18-5-1-2-11(18)12(19)20/h3-4,6,11H,1-2,5,7H2,(H,19,20). The van der Waals surface area contributed by atoms with E-state index in [2.05, 4.69) is 15.9 Å². The Kier molecular flexibility index (Phi) is 4.39. The summed E-state index contributed by atoms with van der Waals surface area (Å²) in [5, 5.41) is 9.08. The number of hydrogen-bond donors (Lipinski definition) is 1. The van der Waals surface area contributed by atoms with E-state index >= 15 is 0 Å². The van der Waals surface area contributed by atoms with Crippen molar-refractivity contribution in [2.45, 2.75) is 31.6 Å². The minimum Gasteiger partial charge on any atom is -0.480 e. The number of carbonyl (C=O) groups is 1. The lowest BCUT2D eigenvalue weighted by atomic mass is 10.1. The van der Waals surface area contributed by atoms with Crippen LogP contribution in [0.1, 0.15) is 24.0 Å². The quantitative estimate of drug-likeness (QED) is 0.905. The van der Waals surface area contributed by atoms with E-state index in [1.54, 1.807) is 4.90 Å². The summed E-state index contributed by atoms with van der Waals surface area (Å²) in [6.45, 7) is 0.779. The zero-order valence-electron chi connectivity index (χ0n) is 10.5. The largest absolute Gasteiger partial charge is 0.480 e. The molecule has 0 aromatic heterocycles. The molecular formula is C13H13BrF3NO2. The fourth-order valence-corrected chi connectivity index (χ4v) is 2.76. The Morgan fingerprint density at radius 2 is 2.15 bits per heavy atom. The normalized spacial score (nSPS) is 20.3. The Hall–Kier alpha value is -1.08. The Balaban J connectivity index is 2.22. The first-order chi connectivity index (χ1) is 9.29. The van der Waals surface area contributed by atoms with E-state index in [0.717, 1.165) is 18.6 Å². The number of alkyl halides is 3. The van der Waals surface area contributed by atoms with Crippen LogP contribution < -0.4 is 0 Å². The van der Waals surface area contributed by atoms with E-state index in [1.807, 2.05) is 0 Å². The lowest BCUT2D eigenvalue weighted by Crippen LogP contribution is -2.35. The predicted molar refractivity (Wildman–Crippen MR) is 70.2 cm³/mol. The predicted octanol–water partition coefficient (Wildman–Crippen LogP) is 3.52. The fourth-order valence-electron chi connectivity index (χ4n) is 2.39. The van der Waals surface area contributed by atoms with Crippen LogP contribution in [0, 0.1) is 0 Å². The average molecular weight is 352 g/mol. The molecule has 1 unspecified atom stereocenters. The van der Waals surface area contributed by atoms with E-state index < -0.39 is 23.8 Å². The van der Waals surface area contributed by atoms with Crippen LogP contribution in [-0.4, -0.2) is 28.6 Å². The third-order valence-electron chi connectivity index (χ3n) is 3.40. The number of aliphatic carboxylic acids is 1. The molecule has 1 aromatic rings. The summed E-state index contributed by atoms with van der Waals surface area (Å²) in [7, 11) is 0. The second-order valence-electron chi connectivity index (χ2n) is 4.77. The smallest absolute Gasteiger partial charge is 0.416 e. The molecule has 0 radical (unpaired) electrons. The van der Waals surface area contributed by atoms with Gasteiger partial charge in [0.2, 0.25) is 0 Å². The maximum absolute atomic E-state index is 12.7. The van der Waals surface area contributed by atoms with E-state index in [0.29, 0.717) is 23.0 Å². The topological polar surface area (TPSA) is 40.5 Å². The number of benzene rings is 1. The van der Waals surface area contributed by atoms with Crippen molar-refractivity contribution >= 4 is 21.9 Å². The third-order valence-corrected chi connectivity index (χ3v) is 4.17. The van der Waals surface area contributed by atoms with Crippen molar-refractivity contribution in [1.29, 1.82) is 0 Å². The van der Waals surface area contributed by atoms with Gasteiger partial charge in [-0.1, -0.05) is 15.9 Å². The van der Waals surface area contributed by atoms with Crippen molar-refractivity contribution in [3.05, 3.63) is 33.8 Å². The molecule has 3 nitrogen and oxygen atoms in total. The molecule has 0 aliphatic carbocycles. The number of halogens is 4. The van der Waals surface area contributed by atoms with Crippen molar-refractivity contribution in [2.24, 2.45) is 0 Å². The monoisotopic (exact) mass is 351 g/mol. The molecule has 1 aliphatic rings. The Morgan fingerprint density at radius 3 is 2.75 bits per heavy atom. The van der Waals surface area contributed by atoms with Gasteiger partial charge < -0.3 is 5.11 Å². The highest BCUT2D eigenvalue weighted by molar-refractivity contribution is 9.10. The van der Waals surface area contributed by atoms with Crippen molar-refractivity contribution in [3.8, 4) is 0 Å². The van der Waals surface area contributed by atoms with Crippen LogP contribution in [0.15, 0.2) is 22.7 Å². The number of carboxylic acids is 1. The molecule has 1 saturated heterocycles. The lowest BCUT2D eigenvalue weighted by Gasteiger charge is -2.22. The highest BCUT2D eigenvalue weighted by Gasteiger charge is 2.33. The van der Waals surface area contributed by atoms with Crippen LogP contribution in [0.25, 0.3) is 0 Å². The summed E-state index contributed by atoms with van der Waals surface area (Å²) in [5.41, 5.74) is -0.269. The zero-order valence-corrected chi connectivity index (χ0v) is 12.0. The summed E-state index contributed by atoms with van der Waals surface area (Å²) >= 11 is 3.22. The lowest BCUT2D eigenvalue weighted by molar-refractivity contribution is -0.142. The minimum atomic E-state index is -4.40. The van der Waals surface area contributed by atoms with Gasteiger partial charge in [0.25, 0.3) is 0 Å². The molecule has 0 saturated carbocycles. The molecule has 1 N–H and O–H groups in total. The molecule has 1 atom stereocenters. The number of carboxylic acid groups (broad SMARTS) is 1. The van der Waals surface area contributed by atoms with Gasteiger partial charge in [-0.25, -0.2) is 0 Å². The van der Waals surface area contributed by atoms with E-state index in [4.69, 9.17) is 5.11 Å². The number of rotatable bonds is 3. The summed E-state index contributed by atoms with van der Waals surface area (Å²) in [4.78, 5) is 12.8. The van der Waals surface area contributed by atoms with Crippen LogP contribution in [-0.2, 0) is 17.5 Å². The van der Waals surface area contributed by atoms with Crippen LogP contribution in [0.2, 0.25) is 0 Å². The maximum atomic E-state index is 12.7. The van der Waals surface area contributed by atoms with Gasteiger partial charge in [-0.2, -0.15) is 13.2 Å². The molecule has 0 bridgehead atoms. The molecule has 1 heterocycles. The molecule has 0 spiro atoms. The van der Waals surface area contributed by atoms with Gasteiger partial charge in [-0.05, 0) is 43.1 Å². The maximum Gasteiger partial charge on any atom is 0.416 e. The van der Waals surface area contributed by atoms with Gasteiger partial charge in [0, 0.05) is 11.0 Å². The van der Waals surface area contributed by atoms with Crippen molar-refractivity contribution < 1.29 is 23.1 Å². The first-order valence-corrected chi connectivity index (χ1v) is 6.91. The van der Waals surface area contributed by atoms with E-state index in [1.165, 1.54) is 6.07 Å². The first kappa shape index (κ1) is 15.3. The highest BCUT2D eigenvalue weighted by Crippen LogP contribution is 2.33. The van der Waals surface area contributed by atoms with Crippen molar-refractivity contribution in [3.63, 3.8) is 0 Å². The van der Waals surface area contributed by atoms with Crippen LogP contribution >= 0.6 is 15.9 Å². The fraction of sp³-hybridized carbons (Fsp3) is 0.462. The van der Waals surface area contributed by atoms with E-state index in [-0.39, 0.29) is 6.54 Å². The molecule has 2 rings (SSSR count). The van der Waals surface area contributed by atoms with Gasteiger partial charge in [0.05, 0.1) is 5.56 Å². The van der Waals surface area contributed by atoms with Gasteiger partial charge in [0.1, 0.15) is 6.04 Å². The molecule has 20 heavy (non-hydrogen) atoms. The second-order valence-corrected chi connectivity index (χ2v) is 5.63. The van der Waals surface area contributed by atoms with Gasteiger partial charge >= 0.3 is 12.1 Å². The third kappa shape index (κ3) is 3.32. The van der Waals surface area contributed by atoms with Gasteiger partial charge in [0.15, 0.2) is 0 Å². The second kappa shape index (κ2) is 5.73. The number of nitrogens with zero attached hydrogens (tertiary/aromatic N) is 1. The first-order valence-electron chi connectivity index (χ1n) is 6.11. The molecule has 110 valence electrons. The molecule has 0 amide bonds. The molecule has 1 aromatic carbocycles. The molecule has 1 fully saturated rings. The van der Waals surface area contributed by atoms with Crippen molar-refractivity contribution in [2.75, 3.05) is 6.54 Å². The van der Waals surface area contributed by atoms with E-state index in [9.17, 15) is 18.0 Å². The van der Waals surface area contributed by atoms with Crippen LogP contribution in [0.4, 0.5) is 13.2 Å².